The van der Waals surface area contributed by atoms with E-state index < -0.39 is 60.5 Å². The molecular weight excluding hydrogens is 535 g/mol. The summed E-state index contributed by atoms with van der Waals surface area (Å²) in [5, 5.41) is 11.5. The number of nitrogens with one attached hydrogen (secondary N) is 3. The fourth-order valence-electron chi connectivity index (χ4n) is 3.55. The van der Waals surface area contributed by atoms with Crippen molar-refractivity contribution in [2.45, 2.75) is 57.4 Å². The first kappa shape index (κ1) is 27.4. The zero-order valence-electron chi connectivity index (χ0n) is 19.5. The van der Waals surface area contributed by atoms with Crippen LogP contribution in [0.3, 0.4) is 0 Å². The van der Waals surface area contributed by atoms with Gasteiger partial charge < -0.3 is 20.1 Å². The van der Waals surface area contributed by atoms with Gasteiger partial charge in [0.25, 0.3) is 0 Å². The molecule has 38 heavy (non-hydrogen) atoms. The lowest BCUT2D eigenvalue weighted by Crippen LogP contribution is -2.36. The van der Waals surface area contributed by atoms with Crippen molar-refractivity contribution in [3.8, 4) is 0 Å². The predicted octanol–water partition coefficient (Wildman–Crippen LogP) is 4.16. The summed E-state index contributed by atoms with van der Waals surface area (Å²) in [6, 6.07) is 1.05. The lowest BCUT2D eigenvalue weighted by Gasteiger charge is -2.16. The van der Waals surface area contributed by atoms with Crippen LogP contribution in [0.2, 0.25) is 0 Å². The summed E-state index contributed by atoms with van der Waals surface area (Å²) < 4.78 is 107. The Morgan fingerprint density at radius 3 is 2.68 bits per heavy atom. The number of rotatable bonds is 7. The predicted molar refractivity (Wildman–Crippen MR) is 113 cm³/mol. The number of aromatic nitrogens is 5. The molecular formula is C20H20F7N7O4. The van der Waals surface area contributed by atoms with Gasteiger partial charge in [-0.2, -0.15) is 18.3 Å². The second-order valence-electron chi connectivity index (χ2n) is 8.43. The van der Waals surface area contributed by atoms with Crippen LogP contribution in [0.25, 0.3) is 5.65 Å². The fourth-order valence-corrected chi connectivity index (χ4v) is 3.55. The third-order valence-electron chi connectivity index (χ3n) is 5.12. The minimum atomic E-state index is -5.02. The molecule has 3 N–H and O–H groups in total. The highest BCUT2D eigenvalue weighted by molar-refractivity contribution is 5.67. The molecule has 0 spiro atoms. The normalized spacial score (nSPS) is 20.3. The molecule has 0 unspecified atom stereocenters. The van der Waals surface area contributed by atoms with Crippen LogP contribution >= 0.6 is 0 Å². The lowest BCUT2D eigenvalue weighted by atomic mass is 10.1. The van der Waals surface area contributed by atoms with Gasteiger partial charge in [-0.3, -0.25) is 14.2 Å². The molecule has 0 bridgehead atoms. The number of imidazole rings is 1. The van der Waals surface area contributed by atoms with Gasteiger partial charge in [0.05, 0.1) is 24.6 Å². The van der Waals surface area contributed by atoms with Gasteiger partial charge in [-0.25, -0.2) is 19.2 Å². The molecule has 0 saturated carbocycles. The zero-order chi connectivity index (χ0) is 27.8. The van der Waals surface area contributed by atoms with Crippen LogP contribution in [0, 0.1) is 0 Å². The summed E-state index contributed by atoms with van der Waals surface area (Å²) in [6.07, 6.45) is -13.6. The third-order valence-corrected chi connectivity index (χ3v) is 5.12. The van der Waals surface area contributed by atoms with Crippen LogP contribution in [0.5, 0.6) is 0 Å². The Kier molecular flexibility index (Phi) is 7.37. The molecule has 208 valence electrons. The number of fused-ring (bicyclic) bond motifs is 1. The van der Waals surface area contributed by atoms with E-state index in [4.69, 9.17) is 9.47 Å². The van der Waals surface area contributed by atoms with Gasteiger partial charge in [0.15, 0.2) is 23.7 Å². The minimum Gasteiger partial charge on any atom is -0.441 e. The van der Waals surface area contributed by atoms with E-state index in [-0.39, 0.29) is 30.1 Å². The second kappa shape index (κ2) is 10.2. The van der Waals surface area contributed by atoms with Gasteiger partial charge in [0, 0.05) is 24.5 Å². The van der Waals surface area contributed by atoms with E-state index in [1.807, 2.05) is 0 Å². The molecule has 18 heteroatoms. The molecule has 4 heterocycles. The molecule has 11 nitrogen and oxygen atoms in total. The van der Waals surface area contributed by atoms with Crippen molar-refractivity contribution < 1.29 is 49.7 Å². The number of hydrogen-bond acceptors (Lipinski definition) is 8. The first-order chi connectivity index (χ1) is 17.7. The number of aromatic amines is 1. The quantitative estimate of drug-likeness (QED) is 0.371. The largest absolute Gasteiger partial charge is 0.522 e. The molecule has 1 saturated heterocycles. The zero-order valence-corrected chi connectivity index (χ0v) is 19.5. The van der Waals surface area contributed by atoms with Crippen molar-refractivity contribution in [1.29, 1.82) is 0 Å². The van der Waals surface area contributed by atoms with E-state index in [0.717, 1.165) is 10.6 Å². The molecule has 3 aromatic rings. The highest BCUT2D eigenvalue weighted by atomic mass is 19.4. The number of nitrogens with zero attached hydrogens (tertiary/aromatic N) is 4. The van der Waals surface area contributed by atoms with Gasteiger partial charge in [0.1, 0.15) is 11.7 Å². The van der Waals surface area contributed by atoms with Gasteiger partial charge in [-0.15, -0.1) is 13.2 Å². The van der Waals surface area contributed by atoms with Crippen molar-refractivity contribution in [1.82, 2.24) is 29.9 Å². The Bertz CT molecular complexity index is 1290. The SMILES string of the molecule is CC(C)NC(=O)O[C@@H]1CO[C@H](c2cc(Nc3ncc(C(F)(F)F)c4nc(COC(F)(F)F)cn34)n[nH]2)[C@H]1F. The number of carbonyl (C=O) groups excluding carboxylic acids is 1. The maximum absolute atomic E-state index is 14.9. The smallest absolute Gasteiger partial charge is 0.441 e. The molecule has 4 rings (SSSR count). The molecule has 1 fully saturated rings. The van der Waals surface area contributed by atoms with E-state index >= 15 is 0 Å². The summed E-state index contributed by atoms with van der Waals surface area (Å²) in [7, 11) is 0. The number of anilines is 2. The second-order valence-corrected chi connectivity index (χ2v) is 8.43. The molecule has 0 aliphatic carbocycles. The first-order valence-corrected chi connectivity index (χ1v) is 10.9. The standard InChI is InChI=1S/C20H20F7N7O4/c1-8(2)29-18(35)38-12-7-36-15(14(12)21)11-3-13(33-32-11)31-17-28-4-10(19(22,23)24)16-30-9(5-34(16)17)6-37-20(25,26)27/h3-5,8,12,14-15H,6-7H2,1-2H3,(H,29,35)(H2,28,31,32,33)/t12-,14+,15-/m1/s1. The average Bonchev–Trinajstić information content (AvgIpc) is 3.50. The highest BCUT2D eigenvalue weighted by Gasteiger charge is 2.42. The molecule has 3 atom stereocenters. The van der Waals surface area contributed by atoms with Crippen molar-refractivity contribution in [2.24, 2.45) is 0 Å². The van der Waals surface area contributed by atoms with Crippen LogP contribution in [0.4, 0.5) is 47.3 Å². The van der Waals surface area contributed by atoms with Gasteiger partial charge >= 0.3 is 18.6 Å². The number of halogens is 7. The minimum absolute atomic E-state index is 0.0342. The van der Waals surface area contributed by atoms with E-state index in [9.17, 15) is 35.5 Å². The molecule has 3 aromatic heterocycles. The van der Waals surface area contributed by atoms with Crippen LogP contribution in [0.1, 0.15) is 36.9 Å². The van der Waals surface area contributed by atoms with Crippen LogP contribution in [-0.2, 0) is 27.0 Å². The van der Waals surface area contributed by atoms with Crippen molar-refractivity contribution >= 4 is 23.5 Å². The van der Waals surface area contributed by atoms with Crippen molar-refractivity contribution in [3.63, 3.8) is 0 Å². The topological polar surface area (TPSA) is 128 Å². The molecule has 1 aliphatic heterocycles. The number of H-pyrrole nitrogens is 1. The van der Waals surface area contributed by atoms with Gasteiger partial charge in [-0.05, 0) is 13.8 Å². The number of ether oxygens (including phenoxy) is 3. The number of amides is 1. The number of alkyl carbamates (subject to hydrolysis) is 1. The summed E-state index contributed by atoms with van der Waals surface area (Å²) in [4.78, 5) is 19.0. The van der Waals surface area contributed by atoms with Gasteiger partial charge in [0.2, 0.25) is 5.95 Å². The number of alkyl halides is 7. The number of carbonyl (C=O) groups is 1. The Labute approximate surface area is 208 Å². The molecule has 0 radical (unpaired) electrons. The van der Waals surface area contributed by atoms with Crippen LogP contribution in [-0.4, -0.2) is 61.9 Å². The van der Waals surface area contributed by atoms with Crippen LogP contribution < -0.4 is 10.6 Å². The Morgan fingerprint density at radius 1 is 1.29 bits per heavy atom. The molecule has 1 amide bonds. The van der Waals surface area contributed by atoms with E-state index in [2.05, 4.69) is 35.5 Å². The van der Waals surface area contributed by atoms with E-state index in [1.54, 1.807) is 13.8 Å². The van der Waals surface area contributed by atoms with Gasteiger partial charge in [-0.1, -0.05) is 0 Å². The average molecular weight is 555 g/mol. The van der Waals surface area contributed by atoms with Crippen LogP contribution in [0.15, 0.2) is 18.5 Å². The monoisotopic (exact) mass is 555 g/mol. The number of hydrogen-bond donors (Lipinski definition) is 3. The molecule has 1 aliphatic rings. The Hall–Kier alpha value is -3.67. The maximum Gasteiger partial charge on any atom is 0.522 e. The molecule has 0 aromatic carbocycles. The highest BCUT2D eigenvalue weighted by Crippen LogP contribution is 2.35. The maximum atomic E-state index is 14.9. The summed E-state index contributed by atoms with van der Waals surface area (Å²) in [5.74, 6) is -0.319. The third kappa shape index (κ3) is 6.24. The Morgan fingerprint density at radius 2 is 2.03 bits per heavy atom. The summed E-state index contributed by atoms with van der Waals surface area (Å²) in [5.41, 5.74) is -2.35. The van der Waals surface area contributed by atoms with Crippen molar-refractivity contribution in [2.75, 3.05) is 11.9 Å². The lowest BCUT2D eigenvalue weighted by molar-refractivity contribution is -0.330. The van der Waals surface area contributed by atoms with E-state index in [0.29, 0.717) is 6.20 Å². The fraction of sp³-hybridized carbons (Fsp3) is 0.500. The summed E-state index contributed by atoms with van der Waals surface area (Å²) >= 11 is 0. The van der Waals surface area contributed by atoms with Crippen molar-refractivity contribution in [3.05, 3.63) is 35.4 Å². The van der Waals surface area contributed by atoms with E-state index in [1.165, 1.54) is 6.07 Å². The Balaban J connectivity index is 1.53. The summed E-state index contributed by atoms with van der Waals surface area (Å²) in [6.45, 7) is 2.02. The first-order valence-electron chi connectivity index (χ1n) is 10.9.